The second kappa shape index (κ2) is 5.88. The smallest absolute Gasteiger partial charge is 0.244 e. The third-order valence-corrected chi connectivity index (χ3v) is 4.05. The maximum atomic E-state index is 13.4. The lowest BCUT2D eigenvalue weighted by molar-refractivity contribution is 0.0581. The van der Waals surface area contributed by atoms with Gasteiger partial charge in [0, 0.05) is 6.07 Å². The Morgan fingerprint density at radius 1 is 1.11 bits per heavy atom. The van der Waals surface area contributed by atoms with Gasteiger partial charge >= 0.3 is 0 Å². The molecular formula is C10H13F2NO5S. The number of aliphatic hydroxyl groups is 3. The van der Waals surface area contributed by atoms with Gasteiger partial charge in [-0.05, 0) is 12.1 Å². The fourth-order valence-corrected chi connectivity index (χ4v) is 2.72. The van der Waals surface area contributed by atoms with Crippen molar-refractivity contribution in [2.24, 2.45) is 0 Å². The molecule has 0 aliphatic rings. The predicted octanol–water partition coefficient (Wildman–Crippen LogP) is -1.04. The van der Waals surface area contributed by atoms with Crippen molar-refractivity contribution in [1.29, 1.82) is 0 Å². The van der Waals surface area contributed by atoms with E-state index in [1.54, 1.807) is 4.72 Å². The van der Waals surface area contributed by atoms with Gasteiger partial charge in [0.25, 0.3) is 0 Å². The molecule has 0 saturated carbocycles. The maximum Gasteiger partial charge on any atom is 0.244 e. The lowest BCUT2D eigenvalue weighted by Gasteiger charge is -2.28. The van der Waals surface area contributed by atoms with Crippen molar-refractivity contribution < 1.29 is 32.5 Å². The maximum absolute atomic E-state index is 13.4. The minimum atomic E-state index is -4.47. The Morgan fingerprint density at radius 2 is 1.63 bits per heavy atom. The van der Waals surface area contributed by atoms with Crippen molar-refractivity contribution in [3.63, 3.8) is 0 Å². The summed E-state index contributed by atoms with van der Waals surface area (Å²) in [6.45, 7) is -2.70. The summed E-state index contributed by atoms with van der Waals surface area (Å²) in [5, 5.41) is 27.0. The summed E-state index contributed by atoms with van der Waals surface area (Å²) in [7, 11) is -4.47. The molecule has 0 aromatic heterocycles. The monoisotopic (exact) mass is 297 g/mol. The first-order valence-corrected chi connectivity index (χ1v) is 6.60. The van der Waals surface area contributed by atoms with Gasteiger partial charge in [-0.15, -0.1) is 0 Å². The van der Waals surface area contributed by atoms with E-state index in [4.69, 9.17) is 15.3 Å². The van der Waals surface area contributed by atoms with E-state index in [1.807, 2.05) is 0 Å². The molecule has 0 saturated heterocycles. The first-order valence-electron chi connectivity index (χ1n) is 5.12. The summed E-state index contributed by atoms with van der Waals surface area (Å²) >= 11 is 0. The highest BCUT2D eigenvalue weighted by Gasteiger charge is 2.35. The minimum absolute atomic E-state index is 0.382. The summed E-state index contributed by atoms with van der Waals surface area (Å²) in [6, 6.07) is 1.83. The molecule has 0 heterocycles. The summed E-state index contributed by atoms with van der Waals surface area (Å²) in [6.07, 6.45) is 0. The van der Waals surface area contributed by atoms with E-state index in [9.17, 15) is 17.2 Å². The van der Waals surface area contributed by atoms with Gasteiger partial charge in [0.2, 0.25) is 10.0 Å². The highest BCUT2D eigenvalue weighted by atomic mass is 32.2. The predicted molar refractivity (Wildman–Crippen MR) is 60.7 cm³/mol. The number of halogens is 2. The normalized spacial score (nSPS) is 12.7. The van der Waals surface area contributed by atoms with Gasteiger partial charge in [0.15, 0.2) is 0 Å². The van der Waals surface area contributed by atoms with Gasteiger partial charge in [-0.1, -0.05) is 0 Å². The van der Waals surface area contributed by atoms with Crippen LogP contribution in [0, 0.1) is 11.6 Å². The van der Waals surface area contributed by atoms with Gasteiger partial charge in [-0.3, -0.25) is 0 Å². The molecule has 4 N–H and O–H groups in total. The van der Waals surface area contributed by atoms with E-state index in [0.717, 1.165) is 6.07 Å². The van der Waals surface area contributed by atoms with Crippen molar-refractivity contribution >= 4 is 10.0 Å². The Labute approximate surface area is 108 Å². The standard InChI is InChI=1S/C10H13F2NO5S/c11-7-1-2-9(8(12)3-7)19(17,18)13-10(4-14,5-15)6-16/h1-3,13-16H,4-6H2. The molecule has 0 atom stereocenters. The number of sulfonamides is 1. The fraction of sp³-hybridized carbons (Fsp3) is 0.400. The molecule has 19 heavy (non-hydrogen) atoms. The highest BCUT2D eigenvalue weighted by molar-refractivity contribution is 7.89. The van der Waals surface area contributed by atoms with E-state index >= 15 is 0 Å². The number of hydrogen-bond donors (Lipinski definition) is 4. The molecule has 0 fully saturated rings. The Morgan fingerprint density at radius 3 is 2.05 bits per heavy atom. The summed E-state index contributed by atoms with van der Waals surface area (Å²) in [5.41, 5.74) is -1.93. The van der Waals surface area contributed by atoms with Crippen LogP contribution in [0.3, 0.4) is 0 Å². The topological polar surface area (TPSA) is 107 Å². The van der Waals surface area contributed by atoms with Crippen LogP contribution >= 0.6 is 0 Å². The van der Waals surface area contributed by atoms with Crippen LogP contribution in [0.4, 0.5) is 8.78 Å². The summed E-state index contributed by atoms with van der Waals surface area (Å²) in [5.74, 6) is -2.27. The molecule has 0 aliphatic heterocycles. The van der Waals surface area contributed by atoms with E-state index in [0.29, 0.717) is 12.1 Å². The Bertz CT molecular complexity index is 537. The second-order valence-corrected chi connectivity index (χ2v) is 5.59. The lowest BCUT2D eigenvalue weighted by Crippen LogP contribution is -2.56. The second-order valence-electron chi connectivity index (χ2n) is 3.93. The molecular weight excluding hydrogens is 284 g/mol. The van der Waals surface area contributed by atoms with E-state index < -0.39 is 51.9 Å². The Balaban J connectivity index is 3.17. The number of rotatable bonds is 6. The molecule has 108 valence electrons. The average Bonchev–Trinajstić information content (AvgIpc) is 2.35. The first-order chi connectivity index (χ1) is 8.80. The third-order valence-electron chi connectivity index (χ3n) is 2.44. The van der Waals surface area contributed by atoms with Crippen molar-refractivity contribution in [1.82, 2.24) is 4.72 Å². The first kappa shape index (κ1) is 15.9. The molecule has 0 bridgehead atoms. The molecule has 0 spiro atoms. The number of hydrogen-bond acceptors (Lipinski definition) is 5. The van der Waals surface area contributed by atoms with Gasteiger partial charge in [0.05, 0.1) is 19.8 Å². The van der Waals surface area contributed by atoms with Gasteiger partial charge < -0.3 is 15.3 Å². The van der Waals surface area contributed by atoms with Crippen LogP contribution in [0.15, 0.2) is 23.1 Å². The molecule has 1 aromatic rings. The number of benzene rings is 1. The highest BCUT2D eigenvalue weighted by Crippen LogP contribution is 2.17. The molecule has 0 radical (unpaired) electrons. The zero-order chi connectivity index (χ0) is 14.7. The lowest BCUT2D eigenvalue weighted by atomic mass is 10.1. The number of nitrogens with one attached hydrogen (secondary N) is 1. The fourth-order valence-electron chi connectivity index (χ4n) is 1.28. The SMILES string of the molecule is O=S(=O)(NC(CO)(CO)CO)c1ccc(F)cc1F. The van der Waals surface area contributed by atoms with Crippen molar-refractivity contribution in [2.75, 3.05) is 19.8 Å². The van der Waals surface area contributed by atoms with Crippen molar-refractivity contribution in [3.05, 3.63) is 29.8 Å². The molecule has 1 aromatic carbocycles. The van der Waals surface area contributed by atoms with Crippen LogP contribution in [0.2, 0.25) is 0 Å². The Kier molecular flexibility index (Phi) is 4.93. The molecule has 0 amide bonds. The average molecular weight is 297 g/mol. The molecule has 0 unspecified atom stereocenters. The number of aliphatic hydroxyl groups excluding tert-OH is 3. The van der Waals surface area contributed by atoms with E-state index in [1.165, 1.54) is 0 Å². The van der Waals surface area contributed by atoms with Crippen LogP contribution < -0.4 is 4.72 Å². The molecule has 9 heteroatoms. The van der Waals surface area contributed by atoms with Crippen LogP contribution in [0.25, 0.3) is 0 Å². The van der Waals surface area contributed by atoms with Crippen LogP contribution in [0.5, 0.6) is 0 Å². The van der Waals surface area contributed by atoms with Gasteiger partial charge in [0.1, 0.15) is 22.1 Å². The largest absolute Gasteiger partial charge is 0.394 e. The van der Waals surface area contributed by atoms with Crippen molar-refractivity contribution in [3.8, 4) is 0 Å². The van der Waals surface area contributed by atoms with Gasteiger partial charge in [-0.2, -0.15) is 4.72 Å². The minimum Gasteiger partial charge on any atom is -0.394 e. The summed E-state index contributed by atoms with van der Waals surface area (Å²) in [4.78, 5) is -0.853. The molecule has 0 aliphatic carbocycles. The van der Waals surface area contributed by atoms with Crippen LogP contribution in [-0.4, -0.2) is 49.1 Å². The zero-order valence-electron chi connectivity index (χ0n) is 9.68. The van der Waals surface area contributed by atoms with Crippen LogP contribution in [-0.2, 0) is 10.0 Å². The van der Waals surface area contributed by atoms with E-state index in [2.05, 4.69) is 0 Å². The summed E-state index contributed by atoms with van der Waals surface area (Å²) < 4.78 is 51.6. The van der Waals surface area contributed by atoms with Gasteiger partial charge in [-0.25, -0.2) is 17.2 Å². The van der Waals surface area contributed by atoms with Crippen LogP contribution in [0.1, 0.15) is 0 Å². The van der Waals surface area contributed by atoms with Crippen molar-refractivity contribution in [2.45, 2.75) is 10.4 Å². The zero-order valence-corrected chi connectivity index (χ0v) is 10.5. The Hall–Kier alpha value is -1.13. The van der Waals surface area contributed by atoms with E-state index in [-0.39, 0.29) is 0 Å². The molecule has 1 rings (SSSR count). The molecule has 6 nitrogen and oxygen atoms in total. The quantitative estimate of drug-likeness (QED) is 0.536. The third kappa shape index (κ3) is 3.45.